The molecular formula is C12H16ClNO. The first-order valence-corrected chi connectivity index (χ1v) is 5.45. The zero-order valence-corrected chi connectivity index (χ0v) is 10.1. The number of rotatable bonds is 4. The van der Waals surface area contributed by atoms with Gasteiger partial charge in [-0.25, -0.2) is 0 Å². The van der Waals surface area contributed by atoms with E-state index in [1.807, 2.05) is 19.2 Å². The molecule has 0 aliphatic heterocycles. The fraction of sp³-hybridized carbons (Fsp3) is 0.417. The zero-order valence-electron chi connectivity index (χ0n) is 9.38. The van der Waals surface area contributed by atoms with Crippen LogP contribution in [0.3, 0.4) is 0 Å². The highest BCUT2D eigenvalue weighted by molar-refractivity contribution is 6.33. The molecule has 2 nitrogen and oxygen atoms in total. The molecule has 0 N–H and O–H groups in total. The Bertz CT molecular complexity index is 363. The van der Waals surface area contributed by atoms with Crippen LogP contribution in [-0.2, 0) is 0 Å². The van der Waals surface area contributed by atoms with Gasteiger partial charge in [0.25, 0.3) is 0 Å². The first-order valence-electron chi connectivity index (χ1n) is 5.08. The van der Waals surface area contributed by atoms with E-state index in [2.05, 4.69) is 11.8 Å². The van der Waals surface area contributed by atoms with Crippen molar-refractivity contribution in [3.8, 4) is 0 Å². The maximum atomic E-state index is 11.1. The van der Waals surface area contributed by atoms with Crippen molar-refractivity contribution < 1.29 is 4.79 Å². The van der Waals surface area contributed by atoms with Crippen LogP contribution in [0, 0.1) is 0 Å². The molecule has 1 rings (SSSR count). The van der Waals surface area contributed by atoms with Crippen LogP contribution >= 0.6 is 11.6 Å². The molecule has 0 saturated carbocycles. The zero-order chi connectivity index (χ0) is 11.4. The van der Waals surface area contributed by atoms with E-state index < -0.39 is 0 Å². The van der Waals surface area contributed by atoms with Gasteiger partial charge in [-0.05, 0) is 31.5 Å². The molecule has 15 heavy (non-hydrogen) atoms. The number of halogens is 1. The number of carbonyl (C=O) groups is 1. The average Bonchev–Trinajstić information content (AvgIpc) is 2.17. The lowest BCUT2D eigenvalue weighted by Crippen LogP contribution is -2.18. The van der Waals surface area contributed by atoms with E-state index in [0.717, 1.165) is 18.7 Å². The van der Waals surface area contributed by atoms with Gasteiger partial charge in [0, 0.05) is 19.2 Å². The van der Waals surface area contributed by atoms with E-state index in [4.69, 9.17) is 11.6 Å². The van der Waals surface area contributed by atoms with Gasteiger partial charge in [0.15, 0.2) is 5.78 Å². The number of anilines is 1. The Hall–Kier alpha value is -1.02. The van der Waals surface area contributed by atoms with Crippen molar-refractivity contribution in [2.24, 2.45) is 0 Å². The summed E-state index contributed by atoms with van der Waals surface area (Å²) in [5.74, 6) is 0.0431. The molecule has 0 aliphatic carbocycles. The Morgan fingerprint density at radius 1 is 1.47 bits per heavy atom. The molecule has 0 heterocycles. The van der Waals surface area contributed by atoms with Crippen molar-refractivity contribution in [1.29, 1.82) is 0 Å². The standard InChI is InChI=1S/C12H16ClNO/c1-4-7-14(3)12-6-5-10(9(2)15)8-11(12)13/h5-6,8H,4,7H2,1-3H3. The number of hydrogen-bond acceptors (Lipinski definition) is 2. The van der Waals surface area contributed by atoms with Crippen LogP contribution in [0.15, 0.2) is 18.2 Å². The summed E-state index contributed by atoms with van der Waals surface area (Å²) < 4.78 is 0. The summed E-state index contributed by atoms with van der Waals surface area (Å²) in [5, 5.41) is 0.638. The number of hydrogen-bond donors (Lipinski definition) is 0. The molecule has 0 saturated heterocycles. The van der Waals surface area contributed by atoms with E-state index >= 15 is 0 Å². The average molecular weight is 226 g/mol. The minimum Gasteiger partial charge on any atom is -0.373 e. The highest BCUT2D eigenvalue weighted by atomic mass is 35.5. The van der Waals surface area contributed by atoms with Gasteiger partial charge in [0.1, 0.15) is 0 Å². The van der Waals surface area contributed by atoms with Crippen molar-refractivity contribution in [2.45, 2.75) is 20.3 Å². The van der Waals surface area contributed by atoms with Crippen LogP contribution in [0.1, 0.15) is 30.6 Å². The van der Waals surface area contributed by atoms with Crippen molar-refractivity contribution >= 4 is 23.1 Å². The van der Waals surface area contributed by atoms with E-state index in [1.165, 1.54) is 0 Å². The molecule has 1 aromatic carbocycles. The summed E-state index contributed by atoms with van der Waals surface area (Å²) in [6, 6.07) is 5.44. The van der Waals surface area contributed by atoms with Crippen LogP contribution in [-0.4, -0.2) is 19.4 Å². The highest BCUT2D eigenvalue weighted by Gasteiger charge is 2.07. The second kappa shape index (κ2) is 5.17. The third-order valence-electron chi connectivity index (χ3n) is 2.32. The van der Waals surface area contributed by atoms with E-state index in [1.54, 1.807) is 13.0 Å². The number of benzene rings is 1. The predicted octanol–water partition coefficient (Wildman–Crippen LogP) is 3.39. The quantitative estimate of drug-likeness (QED) is 0.733. The maximum Gasteiger partial charge on any atom is 0.159 e. The smallest absolute Gasteiger partial charge is 0.159 e. The van der Waals surface area contributed by atoms with Crippen LogP contribution in [0.2, 0.25) is 5.02 Å². The van der Waals surface area contributed by atoms with Gasteiger partial charge in [0.2, 0.25) is 0 Å². The lowest BCUT2D eigenvalue weighted by atomic mass is 10.1. The molecule has 0 aliphatic rings. The van der Waals surface area contributed by atoms with Gasteiger partial charge >= 0.3 is 0 Å². The van der Waals surface area contributed by atoms with Crippen LogP contribution in [0.25, 0.3) is 0 Å². The molecule has 0 fully saturated rings. The number of carbonyl (C=O) groups excluding carboxylic acids is 1. The van der Waals surface area contributed by atoms with Gasteiger partial charge in [-0.3, -0.25) is 4.79 Å². The SMILES string of the molecule is CCCN(C)c1ccc(C(C)=O)cc1Cl. The van der Waals surface area contributed by atoms with Crippen molar-refractivity contribution in [2.75, 3.05) is 18.5 Å². The number of nitrogens with zero attached hydrogens (tertiary/aromatic N) is 1. The first kappa shape index (κ1) is 12.1. The van der Waals surface area contributed by atoms with Crippen LogP contribution in [0.4, 0.5) is 5.69 Å². The Balaban J connectivity index is 2.97. The third kappa shape index (κ3) is 2.96. The van der Waals surface area contributed by atoms with Crippen LogP contribution < -0.4 is 4.90 Å². The summed E-state index contributed by atoms with van der Waals surface area (Å²) in [5.41, 5.74) is 1.64. The summed E-state index contributed by atoms with van der Waals surface area (Å²) in [4.78, 5) is 13.2. The molecule has 0 unspecified atom stereocenters. The molecule has 3 heteroatoms. The minimum absolute atomic E-state index is 0.0431. The molecule has 0 bridgehead atoms. The summed E-state index contributed by atoms with van der Waals surface area (Å²) in [7, 11) is 2.00. The van der Waals surface area contributed by atoms with Gasteiger partial charge in [-0.1, -0.05) is 18.5 Å². The first-order chi connectivity index (χ1) is 7.06. The molecular weight excluding hydrogens is 210 g/mol. The minimum atomic E-state index is 0.0431. The second-order valence-corrected chi connectivity index (χ2v) is 4.05. The molecule has 82 valence electrons. The maximum absolute atomic E-state index is 11.1. The Labute approximate surface area is 95.8 Å². The van der Waals surface area contributed by atoms with Crippen molar-refractivity contribution in [3.63, 3.8) is 0 Å². The summed E-state index contributed by atoms with van der Waals surface area (Å²) in [6.45, 7) is 4.62. The van der Waals surface area contributed by atoms with Gasteiger partial charge in [-0.2, -0.15) is 0 Å². The van der Waals surface area contributed by atoms with E-state index in [0.29, 0.717) is 10.6 Å². The molecule has 0 amide bonds. The summed E-state index contributed by atoms with van der Waals surface area (Å²) >= 11 is 6.11. The summed E-state index contributed by atoms with van der Waals surface area (Å²) in [6.07, 6.45) is 1.07. The number of Topliss-reactive ketones (excluding diaryl/α,β-unsaturated/α-hetero) is 1. The molecule has 0 radical (unpaired) electrons. The Morgan fingerprint density at radius 3 is 2.60 bits per heavy atom. The fourth-order valence-corrected chi connectivity index (χ4v) is 1.82. The normalized spacial score (nSPS) is 10.1. The third-order valence-corrected chi connectivity index (χ3v) is 2.63. The second-order valence-electron chi connectivity index (χ2n) is 3.64. The predicted molar refractivity (Wildman–Crippen MR) is 65.0 cm³/mol. The highest BCUT2D eigenvalue weighted by Crippen LogP contribution is 2.26. The topological polar surface area (TPSA) is 20.3 Å². The van der Waals surface area contributed by atoms with E-state index in [-0.39, 0.29) is 5.78 Å². The fourth-order valence-electron chi connectivity index (χ4n) is 1.49. The largest absolute Gasteiger partial charge is 0.373 e. The Kier molecular flexibility index (Phi) is 4.15. The van der Waals surface area contributed by atoms with Crippen molar-refractivity contribution in [1.82, 2.24) is 0 Å². The lowest BCUT2D eigenvalue weighted by Gasteiger charge is -2.19. The number of ketones is 1. The molecule has 0 aromatic heterocycles. The van der Waals surface area contributed by atoms with Gasteiger partial charge < -0.3 is 4.90 Å². The van der Waals surface area contributed by atoms with Gasteiger partial charge in [-0.15, -0.1) is 0 Å². The molecule has 0 atom stereocenters. The van der Waals surface area contributed by atoms with Gasteiger partial charge in [0.05, 0.1) is 10.7 Å². The molecule has 1 aromatic rings. The monoisotopic (exact) mass is 225 g/mol. The lowest BCUT2D eigenvalue weighted by molar-refractivity contribution is 0.101. The Morgan fingerprint density at radius 2 is 2.13 bits per heavy atom. The van der Waals surface area contributed by atoms with Crippen LogP contribution in [0.5, 0.6) is 0 Å². The van der Waals surface area contributed by atoms with Crippen molar-refractivity contribution in [3.05, 3.63) is 28.8 Å². The molecule has 0 spiro atoms. The van der Waals surface area contributed by atoms with E-state index in [9.17, 15) is 4.79 Å².